The van der Waals surface area contributed by atoms with Gasteiger partial charge in [0.1, 0.15) is 5.84 Å². The van der Waals surface area contributed by atoms with E-state index in [1.54, 1.807) is 0 Å². The second-order valence-electron chi connectivity index (χ2n) is 15.1. The number of nitrogens with zero attached hydrogens (tertiary/aromatic N) is 6. The van der Waals surface area contributed by atoms with Crippen LogP contribution in [0.5, 0.6) is 0 Å². The lowest BCUT2D eigenvalue weighted by Crippen LogP contribution is -2.27. The molecule has 0 saturated heterocycles. The molecule has 0 saturated carbocycles. The summed E-state index contributed by atoms with van der Waals surface area (Å²) in [6, 6.07) is 52.9. The number of benzene rings is 6. The van der Waals surface area contributed by atoms with E-state index >= 15 is 0 Å². The van der Waals surface area contributed by atoms with Crippen LogP contribution in [0.15, 0.2) is 187 Å². The zero-order valence-corrected chi connectivity index (χ0v) is 32.5. The number of hydrogen-bond donors (Lipinski definition) is 0. The molecular weight excluding hydrogens is 721 g/mol. The Hall–Kier alpha value is -7.70. The van der Waals surface area contributed by atoms with E-state index < -0.39 is 0 Å². The molecule has 0 radical (unpaired) electrons. The van der Waals surface area contributed by atoms with Gasteiger partial charge in [-0.3, -0.25) is 9.88 Å². The molecule has 0 spiro atoms. The Bertz CT molecular complexity index is 3230. The number of rotatable bonds is 5. The molecule has 0 unspecified atom stereocenters. The van der Waals surface area contributed by atoms with Crippen molar-refractivity contribution in [3.05, 3.63) is 199 Å². The van der Waals surface area contributed by atoms with Crippen LogP contribution in [0.4, 0.5) is 11.4 Å². The van der Waals surface area contributed by atoms with Gasteiger partial charge in [-0.15, -0.1) is 0 Å². The second kappa shape index (κ2) is 14.0. The lowest BCUT2D eigenvalue weighted by atomic mass is 9.88. The Morgan fingerprint density at radius 2 is 1.41 bits per heavy atom. The van der Waals surface area contributed by atoms with E-state index in [1.165, 1.54) is 22.2 Å². The fourth-order valence-electron chi connectivity index (χ4n) is 8.97. The van der Waals surface area contributed by atoms with Crippen LogP contribution in [0.2, 0.25) is 0 Å². The highest BCUT2D eigenvalue weighted by Gasteiger charge is 2.31. The van der Waals surface area contributed by atoms with Crippen molar-refractivity contribution in [2.75, 3.05) is 4.90 Å². The normalized spacial score (nSPS) is 13.5. The summed E-state index contributed by atoms with van der Waals surface area (Å²) in [6.07, 6.45) is 10.4. The lowest BCUT2D eigenvalue weighted by Gasteiger charge is -2.34. The van der Waals surface area contributed by atoms with Crippen molar-refractivity contribution in [1.29, 1.82) is 0 Å². The van der Waals surface area contributed by atoms with E-state index in [0.717, 1.165) is 90.9 Å². The van der Waals surface area contributed by atoms with Gasteiger partial charge < -0.3 is 4.57 Å². The maximum atomic E-state index is 5.46. The van der Waals surface area contributed by atoms with Gasteiger partial charge in [0.25, 0.3) is 0 Å². The number of hydrogen-bond acceptors (Lipinski definition) is 3. The van der Waals surface area contributed by atoms with Crippen LogP contribution in [0.25, 0.3) is 72.4 Å². The van der Waals surface area contributed by atoms with E-state index in [2.05, 4.69) is 131 Å². The summed E-state index contributed by atoms with van der Waals surface area (Å²) >= 11 is 0. The fourth-order valence-corrected chi connectivity index (χ4v) is 8.97. The largest absolute Gasteiger partial charge is 0.313 e. The summed E-state index contributed by atoms with van der Waals surface area (Å²) < 4.78 is 2.41. The Kier molecular flexibility index (Phi) is 8.22. The van der Waals surface area contributed by atoms with Crippen molar-refractivity contribution < 1.29 is 0 Å². The summed E-state index contributed by atoms with van der Waals surface area (Å²) in [5.74, 6) is 1.37. The molecule has 0 N–H and O–H groups in total. The number of para-hydroxylation sites is 1. The summed E-state index contributed by atoms with van der Waals surface area (Å²) in [7, 11) is 0. The van der Waals surface area contributed by atoms with Gasteiger partial charge >= 0.3 is 0 Å². The topological polar surface area (TPSA) is 58.7 Å². The molecule has 280 valence electrons. The summed E-state index contributed by atoms with van der Waals surface area (Å²) in [4.78, 5) is 22.6. The predicted octanol–water partition coefficient (Wildman–Crippen LogP) is 13.0. The first kappa shape index (κ1) is 34.5. The van der Waals surface area contributed by atoms with Crippen molar-refractivity contribution >= 4 is 67.4 Å². The molecule has 59 heavy (non-hydrogen) atoms. The van der Waals surface area contributed by atoms with Crippen molar-refractivity contribution in [3.8, 4) is 28.1 Å². The average molecular weight is 759 g/mol. The van der Waals surface area contributed by atoms with Gasteiger partial charge in [-0.2, -0.15) is 0 Å². The molecule has 4 heterocycles. The third-order valence-corrected chi connectivity index (χ3v) is 11.6. The molecule has 1 aliphatic heterocycles. The van der Waals surface area contributed by atoms with Crippen molar-refractivity contribution in [1.82, 2.24) is 14.5 Å². The van der Waals surface area contributed by atoms with Gasteiger partial charge in [0, 0.05) is 56.6 Å². The highest BCUT2D eigenvalue weighted by molar-refractivity contribution is 6.26. The molecule has 1 aliphatic carbocycles. The van der Waals surface area contributed by atoms with Crippen LogP contribution in [0, 0.1) is 0 Å². The van der Waals surface area contributed by atoms with Crippen molar-refractivity contribution in [3.63, 3.8) is 0 Å². The smallest absolute Gasteiger partial charge is 0.161 e. The molecule has 0 bridgehead atoms. The molecule has 3 aromatic heterocycles. The molecular formula is C53H38N6. The van der Waals surface area contributed by atoms with Gasteiger partial charge in [0.2, 0.25) is 0 Å². The first-order valence-corrected chi connectivity index (χ1v) is 20.1. The van der Waals surface area contributed by atoms with Gasteiger partial charge in [-0.05, 0) is 78.2 Å². The summed E-state index contributed by atoms with van der Waals surface area (Å²) in [5.41, 5.74) is 14.7. The van der Waals surface area contributed by atoms with E-state index in [9.17, 15) is 0 Å². The molecule has 6 nitrogen and oxygen atoms in total. The Balaban J connectivity index is 1.11. The Morgan fingerprint density at radius 1 is 0.678 bits per heavy atom. The van der Waals surface area contributed by atoms with Crippen LogP contribution in [0.3, 0.4) is 0 Å². The Labute approximate surface area is 342 Å². The minimum absolute atomic E-state index is 0.589. The highest BCUT2D eigenvalue weighted by atomic mass is 15.2. The van der Waals surface area contributed by atoms with Crippen LogP contribution >= 0.6 is 0 Å². The number of anilines is 2. The van der Waals surface area contributed by atoms with Gasteiger partial charge in [-0.25, -0.2) is 15.0 Å². The second-order valence-corrected chi connectivity index (χ2v) is 15.1. The molecule has 9 aromatic rings. The van der Waals surface area contributed by atoms with Gasteiger partial charge in [0.15, 0.2) is 5.84 Å². The summed E-state index contributed by atoms with van der Waals surface area (Å²) in [5, 5.41) is 4.55. The SMILES string of the molecule is C=C(/N=C(\N=C(/C)N1c2cccc(-c3ccc(-n4c5c(c6cnccc64)C=CCC5)cc3)c2-c2nc3ccccc3c3cccc1c23)c1ccccc1)c1ccccc1. The van der Waals surface area contributed by atoms with Crippen LogP contribution in [-0.4, -0.2) is 26.2 Å². The van der Waals surface area contributed by atoms with Crippen molar-refractivity contribution in [2.24, 2.45) is 9.98 Å². The molecule has 2 aliphatic rings. The Morgan fingerprint density at radius 3 is 2.24 bits per heavy atom. The fraction of sp³-hybridized carbons (Fsp3) is 0.0566. The quantitative estimate of drug-likeness (QED) is 0.0997. The van der Waals surface area contributed by atoms with E-state index in [0.29, 0.717) is 11.5 Å². The third-order valence-electron chi connectivity index (χ3n) is 11.6. The highest BCUT2D eigenvalue weighted by Crippen LogP contribution is 2.52. The standard InChI is InChI=1S/C53H38N6/c1-34(36-15-5-3-6-16-36)55-53(38-17-7-4-8-18-38)56-35(2)58-48-25-13-21-40(50(48)52-51-43(22-14-26-49(51)58)41-19-9-11-23-45(41)57-52)37-27-29-39(30-28-37)59-46-24-12-10-20-42(46)44-33-54-32-31-47(44)59/h3-11,13-23,25-33H,1,12,24H2,2H3/b55-53-,56-35+. The molecule has 11 rings (SSSR count). The predicted molar refractivity (Wildman–Crippen MR) is 246 cm³/mol. The maximum absolute atomic E-state index is 5.46. The zero-order chi connectivity index (χ0) is 39.5. The van der Waals surface area contributed by atoms with E-state index in [4.69, 9.17) is 15.0 Å². The van der Waals surface area contributed by atoms with E-state index in [-0.39, 0.29) is 0 Å². The third kappa shape index (κ3) is 5.71. The number of amidine groups is 2. The molecule has 6 aromatic carbocycles. The molecule has 0 fully saturated rings. The number of pyridine rings is 2. The molecule has 6 heteroatoms. The lowest BCUT2D eigenvalue weighted by molar-refractivity contribution is 0.888. The maximum Gasteiger partial charge on any atom is 0.161 e. The van der Waals surface area contributed by atoms with Crippen LogP contribution < -0.4 is 4.90 Å². The first-order valence-electron chi connectivity index (χ1n) is 20.1. The van der Waals surface area contributed by atoms with Gasteiger partial charge in [0.05, 0.1) is 33.8 Å². The van der Waals surface area contributed by atoms with E-state index in [1.807, 2.05) is 73.1 Å². The zero-order valence-electron chi connectivity index (χ0n) is 32.5. The minimum Gasteiger partial charge on any atom is -0.313 e. The molecule has 0 atom stereocenters. The van der Waals surface area contributed by atoms with Crippen LogP contribution in [-0.2, 0) is 6.42 Å². The van der Waals surface area contributed by atoms with Crippen LogP contribution in [0.1, 0.15) is 35.7 Å². The number of aliphatic imine (C=N–C) groups is 2. The van der Waals surface area contributed by atoms with Crippen molar-refractivity contribution in [2.45, 2.75) is 19.8 Å². The van der Waals surface area contributed by atoms with Gasteiger partial charge in [-0.1, -0.05) is 134 Å². The first-order chi connectivity index (χ1) is 29.1. The minimum atomic E-state index is 0.589. The molecule has 0 amide bonds. The number of fused-ring (bicyclic) bond motifs is 7. The summed E-state index contributed by atoms with van der Waals surface area (Å²) in [6.45, 7) is 6.42. The number of aromatic nitrogens is 3. The number of allylic oxidation sites excluding steroid dienone is 1. The monoisotopic (exact) mass is 758 g/mol. The average Bonchev–Trinajstić information content (AvgIpc) is 3.63.